The van der Waals surface area contributed by atoms with E-state index in [0.29, 0.717) is 29.7 Å². The molecule has 2 atom stereocenters. The molecule has 0 aromatic carbocycles. The van der Waals surface area contributed by atoms with Crippen LogP contribution in [0.2, 0.25) is 0 Å². The summed E-state index contributed by atoms with van der Waals surface area (Å²) < 4.78 is 4.91. The van der Waals surface area contributed by atoms with Gasteiger partial charge < -0.3 is 10.1 Å². The van der Waals surface area contributed by atoms with Crippen LogP contribution in [0.1, 0.15) is 46.0 Å². The number of imide groups is 1. The maximum absolute atomic E-state index is 12.6. The van der Waals surface area contributed by atoms with E-state index in [1.807, 2.05) is 6.92 Å². The number of urea groups is 1. The molecule has 132 valence electrons. The third kappa shape index (κ3) is 3.09. The predicted molar refractivity (Wildman–Crippen MR) is 82.1 cm³/mol. The van der Waals surface area contributed by atoms with Crippen LogP contribution in [0.15, 0.2) is 0 Å². The molecule has 0 aromatic heterocycles. The van der Waals surface area contributed by atoms with E-state index in [2.05, 4.69) is 17.7 Å². The zero-order valence-corrected chi connectivity index (χ0v) is 14.0. The molecule has 1 saturated heterocycles. The van der Waals surface area contributed by atoms with Crippen LogP contribution < -0.4 is 10.7 Å². The third-order valence-electron chi connectivity index (χ3n) is 5.28. The minimum Gasteiger partial charge on any atom is -0.455 e. The van der Waals surface area contributed by atoms with Crippen LogP contribution in [0, 0.1) is 17.8 Å². The molecule has 3 rings (SSSR count). The summed E-state index contributed by atoms with van der Waals surface area (Å²) >= 11 is 0. The van der Waals surface area contributed by atoms with E-state index in [0.717, 1.165) is 19.3 Å². The maximum Gasteiger partial charge on any atom is 0.344 e. The highest BCUT2D eigenvalue weighted by Gasteiger charge is 2.53. The molecule has 0 unspecified atom stereocenters. The lowest BCUT2D eigenvalue weighted by molar-refractivity contribution is -0.152. The minimum absolute atomic E-state index is 0.137. The van der Waals surface area contributed by atoms with Crippen molar-refractivity contribution >= 4 is 23.8 Å². The van der Waals surface area contributed by atoms with Crippen molar-refractivity contribution in [2.24, 2.45) is 17.8 Å². The lowest BCUT2D eigenvalue weighted by atomic mass is 9.77. The average Bonchev–Trinajstić information content (AvgIpc) is 3.23. The number of esters is 1. The number of amides is 4. The SMILES string of the molecule is CC1CCC2(CC1)NC(=O)N(NC(=O)COC(=O)[C@@H]1C[C@H]1C)C2=O. The fourth-order valence-corrected chi connectivity index (χ4v) is 3.37. The molecule has 8 nitrogen and oxygen atoms in total. The van der Waals surface area contributed by atoms with Gasteiger partial charge in [-0.25, -0.2) is 4.79 Å². The first-order valence-electron chi connectivity index (χ1n) is 8.45. The second kappa shape index (κ2) is 6.07. The van der Waals surface area contributed by atoms with Crippen molar-refractivity contribution in [1.82, 2.24) is 15.8 Å². The molecule has 3 fully saturated rings. The van der Waals surface area contributed by atoms with Crippen LogP contribution in [0.4, 0.5) is 4.79 Å². The molecule has 3 aliphatic rings. The van der Waals surface area contributed by atoms with E-state index in [-0.39, 0.29) is 5.92 Å². The highest BCUT2D eigenvalue weighted by molar-refractivity contribution is 6.08. The topological polar surface area (TPSA) is 105 Å². The fraction of sp³-hybridized carbons (Fsp3) is 0.750. The van der Waals surface area contributed by atoms with Gasteiger partial charge >= 0.3 is 12.0 Å². The smallest absolute Gasteiger partial charge is 0.344 e. The fourth-order valence-electron chi connectivity index (χ4n) is 3.37. The van der Waals surface area contributed by atoms with Crippen molar-refractivity contribution in [2.45, 2.75) is 51.5 Å². The number of nitrogens with one attached hydrogen (secondary N) is 2. The summed E-state index contributed by atoms with van der Waals surface area (Å²) in [4.78, 5) is 48.1. The van der Waals surface area contributed by atoms with E-state index in [4.69, 9.17) is 4.74 Å². The van der Waals surface area contributed by atoms with Gasteiger partial charge in [-0.2, -0.15) is 5.01 Å². The van der Waals surface area contributed by atoms with E-state index < -0.39 is 36.0 Å². The monoisotopic (exact) mass is 337 g/mol. The number of nitrogens with zero attached hydrogens (tertiary/aromatic N) is 1. The number of ether oxygens (including phenoxy) is 1. The van der Waals surface area contributed by atoms with Gasteiger partial charge in [0.15, 0.2) is 6.61 Å². The number of rotatable bonds is 4. The van der Waals surface area contributed by atoms with Crippen LogP contribution in [0.3, 0.4) is 0 Å². The second-order valence-electron chi connectivity index (χ2n) is 7.30. The van der Waals surface area contributed by atoms with E-state index in [1.54, 1.807) is 0 Å². The van der Waals surface area contributed by atoms with Crippen LogP contribution >= 0.6 is 0 Å². The summed E-state index contributed by atoms with van der Waals surface area (Å²) in [7, 11) is 0. The molecule has 1 spiro atoms. The summed E-state index contributed by atoms with van der Waals surface area (Å²) in [5.74, 6) is -0.862. The maximum atomic E-state index is 12.6. The standard InChI is InChI=1S/C16H23N3O5/c1-9-3-5-16(6-4-9)14(22)19(15(23)17-16)18-12(20)8-24-13(21)11-7-10(11)2/h9-11H,3-8H2,1-2H3,(H,17,23)(H,18,20)/t9?,10-,11-,16?/m1/s1. The van der Waals surface area contributed by atoms with Crippen molar-refractivity contribution < 1.29 is 23.9 Å². The Balaban J connectivity index is 1.53. The molecule has 0 radical (unpaired) electrons. The van der Waals surface area contributed by atoms with Gasteiger partial charge in [0.25, 0.3) is 11.8 Å². The number of hydrazine groups is 1. The first-order valence-corrected chi connectivity index (χ1v) is 8.45. The highest BCUT2D eigenvalue weighted by atomic mass is 16.5. The predicted octanol–water partition coefficient (Wildman–Crippen LogP) is 0.717. The Hall–Kier alpha value is -2.12. The van der Waals surface area contributed by atoms with Crippen molar-refractivity contribution in [2.75, 3.05) is 6.61 Å². The Morgan fingerprint density at radius 2 is 1.92 bits per heavy atom. The molecule has 2 aliphatic carbocycles. The van der Waals surface area contributed by atoms with Gasteiger partial charge in [0, 0.05) is 0 Å². The minimum atomic E-state index is -0.906. The molecule has 1 aliphatic heterocycles. The second-order valence-corrected chi connectivity index (χ2v) is 7.30. The zero-order valence-electron chi connectivity index (χ0n) is 14.0. The molecular formula is C16H23N3O5. The van der Waals surface area contributed by atoms with Gasteiger partial charge in [0.05, 0.1) is 5.92 Å². The molecule has 0 aromatic rings. The molecule has 2 saturated carbocycles. The van der Waals surface area contributed by atoms with Crippen molar-refractivity contribution in [3.63, 3.8) is 0 Å². The Bertz CT molecular complexity index is 582. The van der Waals surface area contributed by atoms with E-state index in [9.17, 15) is 19.2 Å². The Labute approximate surface area is 140 Å². The van der Waals surface area contributed by atoms with Crippen LogP contribution in [0.25, 0.3) is 0 Å². The summed E-state index contributed by atoms with van der Waals surface area (Å²) in [6.45, 7) is 3.55. The quantitative estimate of drug-likeness (QED) is 0.581. The van der Waals surface area contributed by atoms with Gasteiger partial charge in [0.2, 0.25) is 0 Å². The highest BCUT2D eigenvalue weighted by Crippen LogP contribution is 2.38. The summed E-state index contributed by atoms with van der Waals surface area (Å²) in [5.41, 5.74) is 1.34. The molecule has 2 N–H and O–H groups in total. The largest absolute Gasteiger partial charge is 0.455 e. The van der Waals surface area contributed by atoms with Gasteiger partial charge in [0.1, 0.15) is 5.54 Å². The van der Waals surface area contributed by atoms with Gasteiger partial charge in [-0.1, -0.05) is 13.8 Å². The number of hydrogen-bond donors (Lipinski definition) is 2. The molecule has 24 heavy (non-hydrogen) atoms. The molecule has 0 bridgehead atoms. The molecule has 8 heteroatoms. The van der Waals surface area contributed by atoms with Crippen molar-refractivity contribution in [1.29, 1.82) is 0 Å². The van der Waals surface area contributed by atoms with Crippen LogP contribution in [-0.2, 0) is 19.1 Å². The normalized spacial score (nSPS) is 34.9. The van der Waals surface area contributed by atoms with E-state index >= 15 is 0 Å². The summed E-state index contributed by atoms with van der Waals surface area (Å²) in [6, 6.07) is -0.634. The van der Waals surface area contributed by atoms with E-state index in [1.165, 1.54) is 0 Å². The number of hydrogen-bond acceptors (Lipinski definition) is 5. The zero-order chi connectivity index (χ0) is 17.5. The lowest BCUT2D eigenvalue weighted by Gasteiger charge is -2.33. The Morgan fingerprint density at radius 3 is 2.50 bits per heavy atom. The van der Waals surface area contributed by atoms with Gasteiger partial charge in [-0.15, -0.1) is 0 Å². The van der Waals surface area contributed by atoms with Gasteiger partial charge in [-0.05, 0) is 43.9 Å². The summed E-state index contributed by atoms with van der Waals surface area (Å²) in [5, 5.41) is 3.42. The molecule has 4 amide bonds. The first-order chi connectivity index (χ1) is 11.3. The van der Waals surface area contributed by atoms with Crippen molar-refractivity contribution in [3.05, 3.63) is 0 Å². The first kappa shape index (κ1) is 16.7. The molecular weight excluding hydrogens is 314 g/mol. The third-order valence-corrected chi connectivity index (χ3v) is 5.28. The number of carbonyl (C=O) groups is 4. The summed E-state index contributed by atoms with van der Waals surface area (Å²) in [6.07, 6.45) is 3.61. The van der Waals surface area contributed by atoms with Gasteiger partial charge in [-0.3, -0.25) is 19.8 Å². The number of carbonyl (C=O) groups excluding carboxylic acids is 4. The molecule has 1 heterocycles. The van der Waals surface area contributed by atoms with Crippen molar-refractivity contribution in [3.8, 4) is 0 Å². The lowest BCUT2D eigenvalue weighted by Crippen LogP contribution is -2.52. The Kier molecular flexibility index (Phi) is 4.23. The van der Waals surface area contributed by atoms with Crippen LogP contribution in [0.5, 0.6) is 0 Å². The van der Waals surface area contributed by atoms with Crippen LogP contribution in [-0.4, -0.2) is 41.0 Å². The average molecular weight is 337 g/mol. The Morgan fingerprint density at radius 1 is 1.29 bits per heavy atom.